The summed E-state index contributed by atoms with van der Waals surface area (Å²) in [5.41, 5.74) is 0.249. The van der Waals surface area contributed by atoms with Crippen molar-refractivity contribution in [2.24, 2.45) is 11.8 Å². The summed E-state index contributed by atoms with van der Waals surface area (Å²) >= 11 is 0. The zero-order valence-electron chi connectivity index (χ0n) is 13.1. The summed E-state index contributed by atoms with van der Waals surface area (Å²) in [5, 5.41) is 11.5. The van der Waals surface area contributed by atoms with Crippen molar-refractivity contribution < 1.29 is 9.84 Å². The van der Waals surface area contributed by atoms with E-state index >= 15 is 0 Å². The Morgan fingerprint density at radius 3 is 2.62 bits per heavy atom. The standard InChI is InChI=1S/C18H27NO2/c1-21-16-11-15(12-19-13-16)18(20)10-6-5-9-17(18)14-7-3-2-4-8-14/h11-14,17,20H,2-10H2,1H3. The first kappa shape index (κ1) is 14.8. The molecule has 1 aromatic heterocycles. The minimum Gasteiger partial charge on any atom is -0.495 e. The molecule has 2 aliphatic rings. The number of aliphatic hydroxyl groups is 1. The van der Waals surface area contributed by atoms with E-state index in [1.54, 1.807) is 13.3 Å². The second-order valence-electron chi connectivity index (χ2n) is 6.79. The molecule has 0 aromatic carbocycles. The van der Waals surface area contributed by atoms with Gasteiger partial charge in [0.2, 0.25) is 0 Å². The van der Waals surface area contributed by atoms with Crippen LogP contribution in [0.2, 0.25) is 0 Å². The monoisotopic (exact) mass is 289 g/mol. The van der Waals surface area contributed by atoms with Gasteiger partial charge in [0.05, 0.1) is 18.9 Å². The molecule has 116 valence electrons. The van der Waals surface area contributed by atoms with E-state index in [0.29, 0.717) is 11.8 Å². The highest BCUT2D eigenvalue weighted by Crippen LogP contribution is 2.49. The van der Waals surface area contributed by atoms with Crippen LogP contribution in [0.5, 0.6) is 5.75 Å². The molecule has 2 fully saturated rings. The van der Waals surface area contributed by atoms with E-state index in [4.69, 9.17) is 4.74 Å². The Morgan fingerprint density at radius 1 is 1.10 bits per heavy atom. The molecular formula is C18H27NO2. The maximum absolute atomic E-state index is 11.5. The average molecular weight is 289 g/mol. The van der Waals surface area contributed by atoms with Gasteiger partial charge in [0.1, 0.15) is 5.75 Å². The Balaban J connectivity index is 1.90. The molecule has 1 N–H and O–H groups in total. The van der Waals surface area contributed by atoms with Crippen LogP contribution in [0.3, 0.4) is 0 Å². The van der Waals surface area contributed by atoms with Crippen LogP contribution in [0.25, 0.3) is 0 Å². The van der Waals surface area contributed by atoms with Crippen LogP contribution in [0, 0.1) is 11.8 Å². The van der Waals surface area contributed by atoms with Crippen molar-refractivity contribution in [3.05, 3.63) is 24.0 Å². The van der Waals surface area contributed by atoms with Crippen LogP contribution in [0.15, 0.2) is 18.5 Å². The normalized spacial score (nSPS) is 31.0. The fraction of sp³-hybridized carbons (Fsp3) is 0.722. The van der Waals surface area contributed by atoms with Crippen molar-refractivity contribution in [3.8, 4) is 5.75 Å². The third-order valence-electron chi connectivity index (χ3n) is 5.60. The second-order valence-corrected chi connectivity index (χ2v) is 6.79. The predicted octanol–water partition coefficient (Wildman–Crippen LogP) is 4.05. The van der Waals surface area contributed by atoms with E-state index in [2.05, 4.69) is 4.98 Å². The van der Waals surface area contributed by atoms with Crippen LogP contribution >= 0.6 is 0 Å². The zero-order valence-corrected chi connectivity index (χ0v) is 13.1. The number of aromatic nitrogens is 1. The molecule has 3 heteroatoms. The largest absolute Gasteiger partial charge is 0.495 e. The van der Waals surface area contributed by atoms with Gasteiger partial charge in [-0.05, 0) is 30.7 Å². The molecule has 2 atom stereocenters. The molecule has 2 aliphatic carbocycles. The fourth-order valence-corrected chi connectivity index (χ4v) is 4.47. The van der Waals surface area contributed by atoms with Gasteiger partial charge in [-0.15, -0.1) is 0 Å². The maximum Gasteiger partial charge on any atom is 0.137 e. The first-order valence-corrected chi connectivity index (χ1v) is 8.46. The van der Waals surface area contributed by atoms with E-state index in [1.807, 2.05) is 12.3 Å². The number of methoxy groups -OCH3 is 1. The summed E-state index contributed by atoms with van der Waals surface area (Å²) in [5.74, 6) is 1.81. The molecule has 0 spiro atoms. The van der Waals surface area contributed by atoms with Crippen molar-refractivity contribution in [2.75, 3.05) is 7.11 Å². The zero-order chi connectivity index (χ0) is 14.7. The van der Waals surface area contributed by atoms with Gasteiger partial charge in [0.25, 0.3) is 0 Å². The lowest BCUT2D eigenvalue weighted by Crippen LogP contribution is -2.42. The van der Waals surface area contributed by atoms with Gasteiger partial charge in [0, 0.05) is 11.8 Å². The molecule has 21 heavy (non-hydrogen) atoms. The first-order chi connectivity index (χ1) is 10.2. The summed E-state index contributed by atoms with van der Waals surface area (Å²) < 4.78 is 5.30. The molecule has 2 unspecified atom stereocenters. The van der Waals surface area contributed by atoms with E-state index in [-0.39, 0.29) is 0 Å². The van der Waals surface area contributed by atoms with Crippen molar-refractivity contribution >= 4 is 0 Å². The van der Waals surface area contributed by atoms with Gasteiger partial charge < -0.3 is 9.84 Å². The summed E-state index contributed by atoms with van der Waals surface area (Å²) in [6.07, 6.45) is 14.5. The molecule has 0 radical (unpaired) electrons. The molecule has 0 aliphatic heterocycles. The SMILES string of the molecule is COc1cncc(C2(O)CCCCC2C2CCCCC2)c1. The summed E-state index contributed by atoms with van der Waals surface area (Å²) in [6, 6.07) is 1.98. The topological polar surface area (TPSA) is 42.4 Å². The average Bonchev–Trinajstić information content (AvgIpc) is 2.56. The minimum absolute atomic E-state index is 0.389. The fourth-order valence-electron chi connectivity index (χ4n) is 4.47. The quantitative estimate of drug-likeness (QED) is 0.913. The van der Waals surface area contributed by atoms with Gasteiger partial charge in [-0.2, -0.15) is 0 Å². The highest BCUT2D eigenvalue weighted by atomic mass is 16.5. The molecule has 1 aromatic rings. The van der Waals surface area contributed by atoms with E-state index in [0.717, 1.165) is 30.6 Å². The molecular weight excluding hydrogens is 262 g/mol. The molecule has 0 saturated heterocycles. The van der Waals surface area contributed by atoms with Crippen molar-refractivity contribution in [2.45, 2.75) is 63.4 Å². The number of rotatable bonds is 3. The van der Waals surface area contributed by atoms with E-state index < -0.39 is 5.60 Å². The molecule has 1 heterocycles. The Hall–Kier alpha value is -1.09. The van der Waals surface area contributed by atoms with Crippen LogP contribution < -0.4 is 4.74 Å². The Morgan fingerprint density at radius 2 is 1.86 bits per heavy atom. The Kier molecular flexibility index (Phi) is 4.48. The number of hydrogen-bond donors (Lipinski definition) is 1. The second kappa shape index (κ2) is 6.35. The Bertz CT molecular complexity index is 470. The lowest BCUT2D eigenvalue weighted by molar-refractivity contribution is -0.0838. The summed E-state index contributed by atoms with van der Waals surface area (Å²) in [4.78, 5) is 4.27. The third kappa shape index (κ3) is 2.94. The minimum atomic E-state index is -0.707. The van der Waals surface area contributed by atoms with E-state index in [1.165, 1.54) is 38.5 Å². The van der Waals surface area contributed by atoms with Crippen LogP contribution in [0.4, 0.5) is 0 Å². The Labute approximate surface area is 127 Å². The van der Waals surface area contributed by atoms with Gasteiger partial charge in [-0.3, -0.25) is 4.98 Å². The molecule has 3 nitrogen and oxygen atoms in total. The van der Waals surface area contributed by atoms with Crippen LogP contribution in [0.1, 0.15) is 63.4 Å². The summed E-state index contributed by atoms with van der Waals surface area (Å²) in [7, 11) is 1.66. The number of nitrogens with zero attached hydrogens (tertiary/aromatic N) is 1. The number of hydrogen-bond acceptors (Lipinski definition) is 3. The molecule has 0 bridgehead atoms. The lowest BCUT2D eigenvalue weighted by atomic mass is 9.63. The molecule has 0 amide bonds. The lowest BCUT2D eigenvalue weighted by Gasteiger charge is -2.45. The number of ether oxygens (including phenoxy) is 1. The summed E-state index contributed by atoms with van der Waals surface area (Å²) in [6.45, 7) is 0. The highest BCUT2D eigenvalue weighted by molar-refractivity contribution is 5.29. The van der Waals surface area contributed by atoms with Gasteiger partial charge in [0.15, 0.2) is 0 Å². The maximum atomic E-state index is 11.5. The first-order valence-electron chi connectivity index (χ1n) is 8.46. The third-order valence-corrected chi connectivity index (χ3v) is 5.60. The van der Waals surface area contributed by atoms with Crippen LogP contribution in [-0.4, -0.2) is 17.2 Å². The van der Waals surface area contributed by atoms with Gasteiger partial charge >= 0.3 is 0 Å². The van der Waals surface area contributed by atoms with Gasteiger partial charge in [-0.25, -0.2) is 0 Å². The van der Waals surface area contributed by atoms with Crippen molar-refractivity contribution in [3.63, 3.8) is 0 Å². The number of pyridine rings is 1. The van der Waals surface area contributed by atoms with Gasteiger partial charge in [-0.1, -0.05) is 44.9 Å². The molecule has 3 rings (SSSR count). The highest BCUT2D eigenvalue weighted by Gasteiger charge is 2.44. The molecule has 2 saturated carbocycles. The van der Waals surface area contributed by atoms with Crippen molar-refractivity contribution in [1.82, 2.24) is 4.98 Å². The smallest absolute Gasteiger partial charge is 0.137 e. The predicted molar refractivity (Wildman–Crippen MR) is 83.2 cm³/mol. The van der Waals surface area contributed by atoms with Crippen molar-refractivity contribution in [1.29, 1.82) is 0 Å². The van der Waals surface area contributed by atoms with E-state index in [9.17, 15) is 5.11 Å². The van der Waals surface area contributed by atoms with Crippen LogP contribution in [-0.2, 0) is 5.60 Å².